The second-order valence-corrected chi connectivity index (χ2v) is 6.10. The number of hydrogen-bond donors (Lipinski definition) is 0. The second kappa shape index (κ2) is 7.35. The monoisotopic (exact) mass is 322 g/mol. The molecule has 0 heterocycles. The first-order chi connectivity index (χ1) is 11.7. The molecule has 1 aliphatic carbocycles. The van der Waals surface area contributed by atoms with Gasteiger partial charge in [-0.3, -0.25) is 4.79 Å². The Bertz CT molecular complexity index is 652. The van der Waals surface area contributed by atoms with Gasteiger partial charge in [-0.25, -0.2) is 0 Å². The summed E-state index contributed by atoms with van der Waals surface area (Å²) >= 11 is 0. The maximum absolute atomic E-state index is 10.9. The maximum atomic E-state index is 10.9. The van der Waals surface area contributed by atoms with Crippen LogP contribution in [0.25, 0.3) is 0 Å². The zero-order chi connectivity index (χ0) is 16.8. The lowest BCUT2D eigenvalue weighted by molar-refractivity contribution is -0.135. The third kappa shape index (κ3) is 3.21. The van der Waals surface area contributed by atoms with Crippen molar-refractivity contribution in [3.63, 3.8) is 0 Å². The van der Waals surface area contributed by atoms with Crippen molar-refractivity contribution in [3.05, 3.63) is 84.3 Å². The van der Waals surface area contributed by atoms with Crippen LogP contribution in [-0.4, -0.2) is 12.1 Å². The lowest BCUT2D eigenvalue weighted by Gasteiger charge is -2.36. The van der Waals surface area contributed by atoms with Gasteiger partial charge in [0.25, 0.3) is 0 Å². The van der Waals surface area contributed by atoms with Gasteiger partial charge in [-0.05, 0) is 30.4 Å². The van der Waals surface area contributed by atoms with Gasteiger partial charge in [0.05, 0.1) is 5.41 Å². The van der Waals surface area contributed by atoms with Crippen LogP contribution >= 0.6 is 0 Å². The Morgan fingerprint density at radius 2 is 1.58 bits per heavy atom. The van der Waals surface area contributed by atoms with Crippen LogP contribution in [0.5, 0.6) is 0 Å². The summed E-state index contributed by atoms with van der Waals surface area (Å²) in [6.45, 7) is 1.37. The van der Waals surface area contributed by atoms with E-state index in [-0.39, 0.29) is 17.5 Å². The average Bonchev–Trinajstić information content (AvgIpc) is 3.05. The van der Waals surface area contributed by atoms with Gasteiger partial charge >= 0.3 is 5.97 Å². The number of carbonyl (C=O) groups excluding carboxylic acids is 1. The minimum Gasteiger partial charge on any atom is -0.494 e. The first-order valence-electron chi connectivity index (χ1n) is 8.32. The lowest BCUT2D eigenvalue weighted by Crippen LogP contribution is -2.37. The van der Waals surface area contributed by atoms with Gasteiger partial charge < -0.3 is 9.47 Å². The molecule has 0 aliphatic heterocycles. The molecular formula is C21H22O3. The molecule has 1 saturated carbocycles. The predicted octanol–water partition coefficient (Wildman–Crippen LogP) is 4.58. The molecule has 0 amide bonds. The normalized spacial score (nSPS) is 19.3. The predicted molar refractivity (Wildman–Crippen MR) is 93.3 cm³/mol. The van der Waals surface area contributed by atoms with Crippen LogP contribution in [-0.2, 0) is 19.7 Å². The van der Waals surface area contributed by atoms with Gasteiger partial charge in [0, 0.05) is 6.92 Å². The van der Waals surface area contributed by atoms with Gasteiger partial charge in [-0.15, -0.1) is 0 Å². The summed E-state index contributed by atoms with van der Waals surface area (Å²) < 4.78 is 10.9. The molecule has 1 unspecified atom stereocenters. The van der Waals surface area contributed by atoms with Gasteiger partial charge in [0.15, 0.2) is 0 Å². The van der Waals surface area contributed by atoms with E-state index < -0.39 is 0 Å². The first-order valence-corrected chi connectivity index (χ1v) is 8.32. The molecule has 0 saturated heterocycles. The van der Waals surface area contributed by atoms with Crippen molar-refractivity contribution in [1.29, 1.82) is 0 Å². The fraction of sp³-hybridized carbons (Fsp3) is 0.286. The van der Waals surface area contributed by atoms with Gasteiger partial charge in [0.2, 0.25) is 0 Å². The van der Waals surface area contributed by atoms with Gasteiger partial charge in [-0.1, -0.05) is 60.7 Å². The van der Waals surface area contributed by atoms with Crippen molar-refractivity contribution in [2.75, 3.05) is 0 Å². The van der Waals surface area contributed by atoms with Crippen molar-refractivity contribution in [3.8, 4) is 0 Å². The number of benzene rings is 2. The molecule has 0 N–H and O–H groups in total. The Labute approximate surface area is 142 Å². The summed E-state index contributed by atoms with van der Waals surface area (Å²) in [6, 6.07) is 21.0. The molecule has 0 aromatic heterocycles. The van der Waals surface area contributed by atoms with Gasteiger partial charge in [0.1, 0.15) is 18.6 Å². The molecule has 2 aromatic carbocycles. The first kappa shape index (κ1) is 16.3. The molecule has 0 bridgehead atoms. The Morgan fingerprint density at radius 1 is 1.00 bits per heavy atom. The molecule has 3 nitrogen and oxygen atoms in total. The molecule has 1 fully saturated rings. The van der Waals surface area contributed by atoms with E-state index in [0.29, 0.717) is 0 Å². The Balaban J connectivity index is 1.95. The van der Waals surface area contributed by atoms with Crippen molar-refractivity contribution < 1.29 is 14.3 Å². The lowest BCUT2D eigenvalue weighted by atomic mass is 9.71. The van der Waals surface area contributed by atoms with Crippen LogP contribution in [0.1, 0.15) is 37.3 Å². The summed E-state index contributed by atoms with van der Waals surface area (Å²) in [4.78, 5) is 10.9. The highest BCUT2D eigenvalue weighted by atomic mass is 16.5. The van der Waals surface area contributed by atoms with Crippen molar-refractivity contribution in [1.82, 2.24) is 0 Å². The number of ether oxygens (including phenoxy) is 2. The standard InChI is InChI=1S/C21H22O3/c1-17(22)23-15-16-24-20-13-8-14-21(20,18-9-4-2-5-10-18)19-11-6-3-7-12-19/h2-7,9-12,15-16,20H,8,13-14H2,1H3. The van der Waals surface area contributed by atoms with E-state index in [1.54, 1.807) is 0 Å². The van der Waals surface area contributed by atoms with Crippen molar-refractivity contribution in [2.24, 2.45) is 0 Å². The summed E-state index contributed by atoms with van der Waals surface area (Å²) in [5, 5.41) is 0. The molecule has 0 radical (unpaired) electrons. The largest absolute Gasteiger partial charge is 0.494 e. The van der Waals surface area contributed by atoms with Crippen LogP contribution in [0, 0.1) is 0 Å². The van der Waals surface area contributed by atoms with Crippen LogP contribution in [0.3, 0.4) is 0 Å². The van der Waals surface area contributed by atoms with Crippen LogP contribution in [0.2, 0.25) is 0 Å². The highest BCUT2D eigenvalue weighted by Gasteiger charge is 2.46. The maximum Gasteiger partial charge on any atom is 0.307 e. The minimum absolute atomic E-state index is 0.00843. The Kier molecular flexibility index (Phi) is 4.99. The summed E-state index contributed by atoms with van der Waals surface area (Å²) in [6.07, 6.45) is 5.92. The van der Waals surface area contributed by atoms with E-state index in [0.717, 1.165) is 19.3 Å². The number of hydrogen-bond acceptors (Lipinski definition) is 3. The molecule has 24 heavy (non-hydrogen) atoms. The van der Waals surface area contributed by atoms with E-state index in [1.165, 1.54) is 30.6 Å². The van der Waals surface area contributed by atoms with Crippen LogP contribution in [0.4, 0.5) is 0 Å². The third-order valence-electron chi connectivity index (χ3n) is 4.70. The van der Waals surface area contributed by atoms with Gasteiger partial charge in [-0.2, -0.15) is 0 Å². The Hall–Kier alpha value is -2.55. The number of esters is 1. The zero-order valence-corrected chi connectivity index (χ0v) is 13.9. The van der Waals surface area contributed by atoms with E-state index in [2.05, 4.69) is 48.5 Å². The molecule has 1 aliphatic rings. The second-order valence-electron chi connectivity index (χ2n) is 6.10. The van der Waals surface area contributed by atoms with E-state index in [1.807, 2.05) is 12.1 Å². The summed E-state index contributed by atoms with van der Waals surface area (Å²) in [7, 11) is 0. The highest BCUT2D eigenvalue weighted by molar-refractivity contribution is 5.66. The fourth-order valence-electron chi connectivity index (χ4n) is 3.71. The average molecular weight is 322 g/mol. The molecule has 3 heteroatoms. The number of carbonyl (C=O) groups is 1. The third-order valence-corrected chi connectivity index (χ3v) is 4.70. The molecule has 2 aromatic rings. The SMILES string of the molecule is CC(=O)OC=COC1CCCC1(c1ccccc1)c1ccccc1. The minimum atomic E-state index is -0.348. The fourth-order valence-corrected chi connectivity index (χ4v) is 3.71. The smallest absolute Gasteiger partial charge is 0.307 e. The summed E-state index contributed by atoms with van der Waals surface area (Å²) in [5.74, 6) is -0.348. The summed E-state index contributed by atoms with van der Waals surface area (Å²) in [5.41, 5.74) is 2.35. The molecule has 1 atom stereocenters. The molecule has 3 rings (SSSR count). The van der Waals surface area contributed by atoms with Crippen molar-refractivity contribution >= 4 is 5.97 Å². The van der Waals surface area contributed by atoms with E-state index in [9.17, 15) is 4.79 Å². The number of rotatable bonds is 5. The van der Waals surface area contributed by atoms with Crippen LogP contribution in [0.15, 0.2) is 73.2 Å². The molecular weight excluding hydrogens is 300 g/mol. The topological polar surface area (TPSA) is 35.5 Å². The zero-order valence-electron chi connectivity index (χ0n) is 13.9. The van der Waals surface area contributed by atoms with Crippen molar-refractivity contribution in [2.45, 2.75) is 37.7 Å². The van der Waals surface area contributed by atoms with E-state index in [4.69, 9.17) is 9.47 Å². The molecule has 124 valence electrons. The quantitative estimate of drug-likeness (QED) is 0.597. The Morgan fingerprint density at radius 3 is 2.12 bits per heavy atom. The highest BCUT2D eigenvalue weighted by Crippen LogP contribution is 2.48. The van der Waals surface area contributed by atoms with E-state index >= 15 is 0 Å². The van der Waals surface area contributed by atoms with Crippen LogP contribution < -0.4 is 0 Å². The molecule has 0 spiro atoms.